The topological polar surface area (TPSA) is 70.6 Å². The van der Waals surface area contributed by atoms with E-state index in [1.807, 2.05) is 48.5 Å². The summed E-state index contributed by atoms with van der Waals surface area (Å²) in [6.07, 6.45) is 0.279. The van der Waals surface area contributed by atoms with Gasteiger partial charge in [-0.3, -0.25) is 0 Å². The Morgan fingerprint density at radius 2 is 1.77 bits per heavy atom. The summed E-state index contributed by atoms with van der Waals surface area (Å²) in [6, 6.07) is 19.7. The largest absolute Gasteiger partial charge is 0.445 e. The van der Waals surface area contributed by atoms with Crippen LogP contribution in [0.25, 0.3) is 0 Å². The minimum Gasteiger partial charge on any atom is -0.445 e. The third-order valence-corrected chi connectivity index (χ3v) is 4.83. The zero-order valence-corrected chi connectivity index (χ0v) is 15.0. The molecule has 1 aliphatic carbocycles. The predicted molar refractivity (Wildman–Crippen MR) is 101 cm³/mol. The van der Waals surface area contributed by atoms with E-state index in [0.29, 0.717) is 12.8 Å². The van der Waals surface area contributed by atoms with Gasteiger partial charge in [0.2, 0.25) is 0 Å². The number of hydrogen-bond donors (Lipinski definition) is 3. The third-order valence-electron chi connectivity index (χ3n) is 4.83. The molecule has 0 unspecified atom stereocenters. The van der Waals surface area contributed by atoms with Crippen LogP contribution in [0.15, 0.2) is 60.7 Å². The lowest BCUT2D eigenvalue weighted by Crippen LogP contribution is -2.38. The molecule has 0 bridgehead atoms. The number of alkyl carbamates (subject to hydrolysis) is 1. The molecule has 0 spiro atoms. The van der Waals surface area contributed by atoms with Gasteiger partial charge < -0.3 is 20.5 Å². The van der Waals surface area contributed by atoms with E-state index in [-0.39, 0.29) is 24.7 Å². The van der Waals surface area contributed by atoms with Crippen LogP contribution in [0.1, 0.15) is 36.9 Å². The van der Waals surface area contributed by atoms with Crippen molar-refractivity contribution >= 4 is 6.09 Å². The number of amides is 1. The van der Waals surface area contributed by atoms with Gasteiger partial charge in [-0.25, -0.2) is 4.79 Å². The van der Waals surface area contributed by atoms with Crippen LogP contribution in [-0.4, -0.2) is 29.4 Å². The van der Waals surface area contributed by atoms with Crippen molar-refractivity contribution in [2.45, 2.75) is 50.6 Å². The third kappa shape index (κ3) is 5.07. The van der Waals surface area contributed by atoms with Gasteiger partial charge in [0, 0.05) is 18.1 Å². The normalized spacial score (nSPS) is 23.4. The van der Waals surface area contributed by atoms with Crippen molar-refractivity contribution in [1.82, 2.24) is 10.6 Å². The number of nitrogens with one attached hydrogen (secondary N) is 2. The van der Waals surface area contributed by atoms with Crippen LogP contribution in [0.4, 0.5) is 4.79 Å². The van der Waals surface area contributed by atoms with Gasteiger partial charge in [0.15, 0.2) is 0 Å². The summed E-state index contributed by atoms with van der Waals surface area (Å²) in [6.45, 7) is 2.32. The number of aliphatic hydroxyl groups is 1. The summed E-state index contributed by atoms with van der Waals surface area (Å²) >= 11 is 0. The molecular weight excluding hydrogens is 328 g/mol. The Labute approximate surface area is 154 Å². The van der Waals surface area contributed by atoms with Gasteiger partial charge in [-0.05, 0) is 30.9 Å². The van der Waals surface area contributed by atoms with E-state index in [1.54, 1.807) is 0 Å². The van der Waals surface area contributed by atoms with Gasteiger partial charge in [0.1, 0.15) is 6.61 Å². The Kier molecular flexibility index (Phi) is 6.26. The highest BCUT2D eigenvalue weighted by Crippen LogP contribution is 2.23. The maximum atomic E-state index is 12.0. The van der Waals surface area contributed by atoms with Crippen molar-refractivity contribution in [1.29, 1.82) is 0 Å². The molecule has 0 radical (unpaired) electrons. The number of carbonyl (C=O) groups excluding carboxylic acids is 1. The Bertz CT molecular complexity index is 693. The lowest BCUT2D eigenvalue weighted by molar-refractivity contribution is 0.131. The van der Waals surface area contributed by atoms with E-state index < -0.39 is 12.2 Å². The molecule has 0 aliphatic heterocycles. The number of rotatable bonds is 6. The highest BCUT2D eigenvalue weighted by Gasteiger charge is 2.34. The summed E-state index contributed by atoms with van der Waals surface area (Å²) in [5.41, 5.74) is 2.13. The van der Waals surface area contributed by atoms with Crippen LogP contribution in [0.3, 0.4) is 0 Å². The maximum Gasteiger partial charge on any atom is 0.407 e. The van der Waals surface area contributed by atoms with Crippen LogP contribution in [0, 0.1) is 0 Å². The quantitative estimate of drug-likeness (QED) is 0.745. The van der Waals surface area contributed by atoms with Crippen molar-refractivity contribution in [3.8, 4) is 0 Å². The van der Waals surface area contributed by atoms with E-state index in [1.165, 1.54) is 5.56 Å². The standard InChI is InChI=1S/C21H26N2O3/c1-15(17-10-6-3-7-11-17)22-19-12-18(13-20(19)24)23-21(25)26-14-16-8-4-2-5-9-16/h2-11,15,18-20,22,24H,12-14H2,1H3,(H,23,25)/t15-,18-,19-,20-/m0/s1. The maximum absolute atomic E-state index is 12.0. The number of carbonyl (C=O) groups is 1. The zero-order valence-electron chi connectivity index (χ0n) is 15.0. The SMILES string of the molecule is C[C@H](N[C@H]1C[C@H](NC(=O)OCc2ccccc2)C[C@@H]1O)c1ccccc1. The van der Waals surface area contributed by atoms with Crippen LogP contribution in [0.5, 0.6) is 0 Å². The molecule has 1 fully saturated rings. The first-order valence-electron chi connectivity index (χ1n) is 9.08. The number of aliphatic hydroxyl groups excluding tert-OH is 1. The zero-order chi connectivity index (χ0) is 18.4. The van der Waals surface area contributed by atoms with E-state index in [2.05, 4.69) is 29.7 Å². The van der Waals surface area contributed by atoms with Crippen LogP contribution >= 0.6 is 0 Å². The van der Waals surface area contributed by atoms with E-state index in [9.17, 15) is 9.90 Å². The fourth-order valence-corrected chi connectivity index (χ4v) is 3.40. The second kappa shape index (κ2) is 8.83. The average molecular weight is 354 g/mol. The van der Waals surface area contributed by atoms with Crippen molar-refractivity contribution in [2.75, 3.05) is 0 Å². The molecule has 4 atom stereocenters. The monoisotopic (exact) mass is 354 g/mol. The van der Waals surface area contributed by atoms with E-state index in [4.69, 9.17) is 4.74 Å². The highest BCUT2D eigenvalue weighted by molar-refractivity contribution is 5.67. The number of hydrogen-bond acceptors (Lipinski definition) is 4. The van der Waals surface area contributed by atoms with E-state index in [0.717, 1.165) is 5.56 Å². The molecule has 0 aromatic heterocycles. The van der Waals surface area contributed by atoms with Crippen molar-refractivity contribution in [2.24, 2.45) is 0 Å². The Balaban J connectivity index is 1.45. The molecule has 3 N–H and O–H groups in total. The fraction of sp³-hybridized carbons (Fsp3) is 0.381. The van der Waals surface area contributed by atoms with E-state index >= 15 is 0 Å². The minimum absolute atomic E-state index is 0.0513. The number of ether oxygens (including phenoxy) is 1. The first-order chi connectivity index (χ1) is 12.6. The van der Waals surface area contributed by atoms with Gasteiger partial charge in [-0.2, -0.15) is 0 Å². The summed E-state index contributed by atoms with van der Waals surface area (Å²) in [7, 11) is 0. The molecule has 1 aliphatic rings. The lowest BCUT2D eigenvalue weighted by Gasteiger charge is -2.22. The van der Waals surface area contributed by atoms with Gasteiger partial charge in [-0.1, -0.05) is 60.7 Å². The van der Waals surface area contributed by atoms with Crippen LogP contribution in [-0.2, 0) is 11.3 Å². The molecule has 26 heavy (non-hydrogen) atoms. The average Bonchev–Trinajstić information content (AvgIpc) is 3.00. The molecular formula is C21H26N2O3. The molecule has 138 valence electrons. The highest BCUT2D eigenvalue weighted by atomic mass is 16.5. The molecule has 5 nitrogen and oxygen atoms in total. The second-order valence-electron chi connectivity index (χ2n) is 6.85. The van der Waals surface area contributed by atoms with Crippen molar-refractivity contribution < 1.29 is 14.6 Å². The van der Waals surface area contributed by atoms with Crippen LogP contribution < -0.4 is 10.6 Å². The first-order valence-corrected chi connectivity index (χ1v) is 9.08. The molecule has 1 amide bonds. The molecule has 2 aromatic rings. The molecule has 2 aromatic carbocycles. The predicted octanol–water partition coefficient (Wildman–Crippen LogP) is 3.16. The summed E-state index contributed by atoms with van der Waals surface area (Å²) in [4.78, 5) is 12.0. The summed E-state index contributed by atoms with van der Waals surface area (Å²) in [5.74, 6) is 0. The second-order valence-corrected chi connectivity index (χ2v) is 6.85. The Morgan fingerprint density at radius 1 is 1.12 bits per heavy atom. The molecule has 3 rings (SSSR count). The fourth-order valence-electron chi connectivity index (χ4n) is 3.40. The Hall–Kier alpha value is -2.37. The first kappa shape index (κ1) is 18.4. The van der Waals surface area contributed by atoms with Gasteiger partial charge in [-0.15, -0.1) is 0 Å². The molecule has 1 saturated carbocycles. The molecule has 5 heteroatoms. The molecule has 0 saturated heterocycles. The minimum atomic E-state index is -0.486. The lowest BCUT2D eigenvalue weighted by atomic mass is 10.1. The van der Waals surface area contributed by atoms with Gasteiger partial charge >= 0.3 is 6.09 Å². The smallest absolute Gasteiger partial charge is 0.407 e. The van der Waals surface area contributed by atoms with Gasteiger partial charge in [0.05, 0.1) is 6.10 Å². The summed E-state index contributed by atoms with van der Waals surface area (Å²) in [5, 5.41) is 16.6. The van der Waals surface area contributed by atoms with Crippen LogP contribution in [0.2, 0.25) is 0 Å². The van der Waals surface area contributed by atoms with Gasteiger partial charge in [0.25, 0.3) is 0 Å². The van der Waals surface area contributed by atoms with Crippen molar-refractivity contribution in [3.05, 3.63) is 71.8 Å². The number of benzene rings is 2. The summed E-state index contributed by atoms with van der Waals surface area (Å²) < 4.78 is 5.26. The van der Waals surface area contributed by atoms with Crippen molar-refractivity contribution in [3.63, 3.8) is 0 Å². The Morgan fingerprint density at radius 3 is 2.46 bits per heavy atom. The molecule has 0 heterocycles.